The fourth-order valence-electron chi connectivity index (χ4n) is 2.77. The Morgan fingerprint density at radius 3 is 2.43 bits per heavy atom. The molecule has 1 aliphatic heterocycles. The summed E-state index contributed by atoms with van der Waals surface area (Å²) in [5.74, 6) is 0.265. The van der Waals surface area contributed by atoms with Gasteiger partial charge in [0.1, 0.15) is 10.7 Å². The summed E-state index contributed by atoms with van der Waals surface area (Å²) in [6.07, 6.45) is 1.63. The van der Waals surface area contributed by atoms with Crippen molar-refractivity contribution in [3.05, 3.63) is 29.6 Å². The monoisotopic (exact) mass is 315 g/mol. The SMILES string of the molecule is CC(C)C1CCN(S(=O)(=O)c2ccc(CO)cc2F)CC1. The highest BCUT2D eigenvalue weighted by molar-refractivity contribution is 7.89. The molecule has 0 bridgehead atoms. The van der Waals surface area contributed by atoms with Gasteiger partial charge in [0.15, 0.2) is 0 Å². The normalized spacial score (nSPS) is 18.3. The number of halogens is 1. The Morgan fingerprint density at radius 2 is 1.95 bits per heavy atom. The first-order chi connectivity index (χ1) is 9.86. The van der Waals surface area contributed by atoms with Crippen molar-refractivity contribution in [1.82, 2.24) is 4.31 Å². The van der Waals surface area contributed by atoms with Crippen molar-refractivity contribution in [3.63, 3.8) is 0 Å². The third-order valence-electron chi connectivity index (χ3n) is 4.24. The second-order valence-corrected chi connectivity index (χ2v) is 7.81. The van der Waals surface area contributed by atoms with Crippen LogP contribution in [0.1, 0.15) is 32.3 Å². The minimum absolute atomic E-state index is 0.303. The summed E-state index contributed by atoms with van der Waals surface area (Å²) in [7, 11) is -3.79. The van der Waals surface area contributed by atoms with E-state index < -0.39 is 15.8 Å². The summed E-state index contributed by atoms with van der Waals surface area (Å²) >= 11 is 0. The Morgan fingerprint density at radius 1 is 1.33 bits per heavy atom. The average Bonchev–Trinajstić information content (AvgIpc) is 2.46. The molecule has 0 aromatic heterocycles. The van der Waals surface area contributed by atoms with Crippen LogP contribution in [0, 0.1) is 17.7 Å². The number of nitrogens with zero attached hydrogens (tertiary/aromatic N) is 1. The Kier molecular flexibility index (Phi) is 5.01. The number of benzene rings is 1. The molecule has 118 valence electrons. The predicted octanol–water partition coefficient (Wildman–Crippen LogP) is 2.37. The van der Waals surface area contributed by atoms with E-state index in [9.17, 15) is 12.8 Å². The van der Waals surface area contributed by atoms with Gasteiger partial charge < -0.3 is 5.11 Å². The summed E-state index contributed by atoms with van der Waals surface area (Å²) in [5.41, 5.74) is 0.366. The van der Waals surface area contributed by atoms with E-state index in [0.29, 0.717) is 30.5 Å². The zero-order valence-electron chi connectivity index (χ0n) is 12.4. The maximum absolute atomic E-state index is 14.0. The van der Waals surface area contributed by atoms with E-state index >= 15 is 0 Å². The number of sulfonamides is 1. The summed E-state index contributed by atoms with van der Waals surface area (Å²) < 4.78 is 40.4. The van der Waals surface area contributed by atoms with E-state index in [4.69, 9.17) is 5.11 Å². The Balaban J connectivity index is 2.19. The Bertz CT molecular complexity index is 593. The van der Waals surface area contributed by atoms with Gasteiger partial charge in [0.2, 0.25) is 10.0 Å². The van der Waals surface area contributed by atoms with Gasteiger partial charge in [-0.25, -0.2) is 12.8 Å². The number of aliphatic hydroxyl groups excluding tert-OH is 1. The number of hydrogen-bond donors (Lipinski definition) is 1. The van der Waals surface area contributed by atoms with Crippen molar-refractivity contribution in [2.75, 3.05) is 13.1 Å². The first-order valence-electron chi connectivity index (χ1n) is 7.25. The van der Waals surface area contributed by atoms with Crippen molar-refractivity contribution >= 4 is 10.0 Å². The number of piperidine rings is 1. The molecule has 1 heterocycles. The van der Waals surface area contributed by atoms with Gasteiger partial charge in [-0.2, -0.15) is 4.31 Å². The molecule has 4 nitrogen and oxygen atoms in total. The number of rotatable bonds is 4. The molecule has 0 amide bonds. The first kappa shape index (κ1) is 16.4. The molecule has 0 spiro atoms. The minimum atomic E-state index is -3.79. The van der Waals surface area contributed by atoms with Crippen LogP contribution in [-0.4, -0.2) is 30.9 Å². The molecule has 6 heteroatoms. The second-order valence-electron chi connectivity index (χ2n) is 5.91. The summed E-state index contributed by atoms with van der Waals surface area (Å²) in [6, 6.07) is 3.76. The van der Waals surface area contributed by atoms with E-state index in [2.05, 4.69) is 13.8 Å². The Labute approximate surface area is 125 Å². The van der Waals surface area contributed by atoms with Gasteiger partial charge in [0.05, 0.1) is 6.61 Å². The lowest BCUT2D eigenvalue weighted by molar-refractivity contribution is 0.226. The van der Waals surface area contributed by atoms with Crippen LogP contribution in [0.15, 0.2) is 23.1 Å². The highest BCUT2D eigenvalue weighted by Gasteiger charge is 2.32. The second kappa shape index (κ2) is 6.42. The van der Waals surface area contributed by atoms with Crippen LogP contribution in [0.25, 0.3) is 0 Å². The zero-order valence-corrected chi connectivity index (χ0v) is 13.2. The topological polar surface area (TPSA) is 57.6 Å². The van der Waals surface area contributed by atoms with Gasteiger partial charge >= 0.3 is 0 Å². The van der Waals surface area contributed by atoms with Crippen molar-refractivity contribution in [3.8, 4) is 0 Å². The number of hydrogen-bond acceptors (Lipinski definition) is 3. The standard InChI is InChI=1S/C15H22FNO3S/c1-11(2)13-5-7-17(8-6-13)21(19,20)15-4-3-12(10-18)9-14(15)16/h3-4,9,11,13,18H,5-8,10H2,1-2H3. The highest BCUT2D eigenvalue weighted by atomic mass is 32.2. The molecule has 0 atom stereocenters. The van der Waals surface area contributed by atoms with E-state index in [1.807, 2.05) is 0 Å². The molecule has 0 saturated carbocycles. The van der Waals surface area contributed by atoms with Crippen molar-refractivity contribution in [2.24, 2.45) is 11.8 Å². The molecule has 21 heavy (non-hydrogen) atoms. The lowest BCUT2D eigenvalue weighted by Gasteiger charge is -2.33. The lowest BCUT2D eigenvalue weighted by atomic mass is 9.87. The van der Waals surface area contributed by atoms with Crippen molar-refractivity contribution < 1.29 is 17.9 Å². The maximum atomic E-state index is 14.0. The molecular formula is C15H22FNO3S. The molecule has 0 unspecified atom stereocenters. The average molecular weight is 315 g/mol. The fraction of sp³-hybridized carbons (Fsp3) is 0.600. The molecule has 1 saturated heterocycles. The van der Waals surface area contributed by atoms with Crippen molar-refractivity contribution in [1.29, 1.82) is 0 Å². The van der Waals surface area contributed by atoms with Crippen molar-refractivity contribution in [2.45, 2.75) is 38.2 Å². The predicted molar refractivity (Wildman–Crippen MR) is 78.6 cm³/mol. The smallest absolute Gasteiger partial charge is 0.245 e. The van der Waals surface area contributed by atoms with Crippen LogP contribution in [-0.2, 0) is 16.6 Å². The van der Waals surface area contributed by atoms with Gasteiger partial charge in [0, 0.05) is 13.1 Å². The van der Waals surface area contributed by atoms with Crippen LogP contribution in [0.5, 0.6) is 0 Å². The number of aliphatic hydroxyl groups is 1. The molecule has 1 N–H and O–H groups in total. The third kappa shape index (κ3) is 3.44. The van der Waals surface area contributed by atoms with Gasteiger partial charge in [-0.05, 0) is 42.4 Å². The third-order valence-corrected chi connectivity index (χ3v) is 6.17. The first-order valence-corrected chi connectivity index (χ1v) is 8.69. The fourth-order valence-corrected chi connectivity index (χ4v) is 4.29. The summed E-state index contributed by atoms with van der Waals surface area (Å²) in [5, 5.41) is 8.96. The molecule has 1 aromatic rings. The van der Waals surface area contributed by atoms with Crippen LogP contribution in [0.2, 0.25) is 0 Å². The summed E-state index contributed by atoms with van der Waals surface area (Å²) in [4.78, 5) is -0.303. The van der Waals surface area contributed by atoms with E-state index in [1.165, 1.54) is 16.4 Å². The summed E-state index contributed by atoms with van der Waals surface area (Å²) in [6.45, 7) is 4.85. The minimum Gasteiger partial charge on any atom is -0.392 e. The lowest BCUT2D eigenvalue weighted by Crippen LogP contribution is -2.39. The van der Waals surface area contributed by atoms with Gasteiger partial charge in [0.25, 0.3) is 0 Å². The van der Waals surface area contributed by atoms with Crippen LogP contribution < -0.4 is 0 Å². The largest absolute Gasteiger partial charge is 0.392 e. The van der Waals surface area contributed by atoms with E-state index in [1.54, 1.807) is 0 Å². The molecule has 0 aliphatic carbocycles. The van der Waals surface area contributed by atoms with Gasteiger partial charge in [-0.3, -0.25) is 0 Å². The quantitative estimate of drug-likeness (QED) is 0.928. The van der Waals surface area contributed by atoms with Crippen LogP contribution in [0.4, 0.5) is 4.39 Å². The zero-order chi connectivity index (χ0) is 15.6. The molecule has 1 aliphatic rings. The van der Waals surface area contributed by atoms with E-state index in [0.717, 1.165) is 18.9 Å². The molecular weight excluding hydrogens is 293 g/mol. The maximum Gasteiger partial charge on any atom is 0.245 e. The van der Waals surface area contributed by atoms with Gasteiger partial charge in [-0.15, -0.1) is 0 Å². The van der Waals surface area contributed by atoms with Gasteiger partial charge in [-0.1, -0.05) is 19.9 Å². The van der Waals surface area contributed by atoms with Crippen LogP contribution >= 0.6 is 0 Å². The van der Waals surface area contributed by atoms with Crippen LogP contribution in [0.3, 0.4) is 0 Å². The molecule has 2 rings (SSSR count). The molecule has 1 fully saturated rings. The highest BCUT2D eigenvalue weighted by Crippen LogP contribution is 2.29. The molecule has 0 radical (unpaired) electrons. The molecule has 1 aromatic carbocycles. The Hall–Kier alpha value is -0.980. The van der Waals surface area contributed by atoms with E-state index in [-0.39, 0.29) is 11.5 Å².